The molecule has 0 spiro atoms. The molecule has 3 aromatic carbocycles. The van der Waals surface area contributed by atoms with E-state index in [0.29, 0.717) is 31.9 Å². The summed E-state index contributed by atoms with van der Waals surface area (Å²) < 4.78 is 44.2. The topological polar surface area (TPSA) is 119 Å². The molecule has 54 heavy (non-hydrogen) atoms. The summed E-state index contributed by atoms with van der Waals surface area (Å²) >= 11 is 0. The van der Waals surface area contributed by atoms with E-state index in [1.165, 1.54) is 0 Å². The number of piperidine rings is 1. The minimum absolute atomic E-state index is 0.0734. The number of fused-ring (bicyclic) bond motifs is 1. The number of nitrogens with zero attached hydrogens (tertiary/aromatic N) is 3. The van der Waals surface area contributed by atoms with Gasteiger partial charge < -0.3 is 28.6 Å². The summed E-state index contributed by atoms with van der Waals surface area (Å²) in [4.78, 5) is 32.2. The zero-order valence-corrected chi connectivity index (χ0v) is 32.9. The lowest BCUT2D eigenvalue weighted by Gasteiger charge is -2.40. The van der Waals surface area contributed by atoms with Gasteiger partial charge in [0.2, 0.25) is 15.9 Å². The van der Waals surface area contributed by atoms with Crippen LogP contribution in [-0.4, -0.2) is 92.6 Å². The van der Waals surface area contributed by atoms with Gasteiger partial charge in [0, 0.05) is 69.6 Å². The Hall–Kier alpha value is -4.39. The molecule has 290 valence electrons. The van der Waals surface area contributed by atoms with E-state index in [9.17, 15) is 13.2 Å². The summed E-state index contributed by atoms with van der Waals surface area (Å²) in [7, 11) is -1.55. The molecule has 0 radical (unpaired) electrons. The van der Waals surface area contributed by atoms with E-state index in [0.717, 1.165) is 65.2 Å². The third-order valence-electron chi connectivity index (χ3n) is 10.0. The number of rotatable bonds is 15. The van der Waals surface area contributed by atoms with Gasteiger partial charge in [-0.3, -0.25) is 4.79 Å². The Bertz CT molecular complexity index is 2020. The monoisotopic (exact) mass is 758 g/mol. The Balaban J connectivity index is 1.26. The number of nitrogens with one attached hydrogen (secondary N) is 1. The first kappa shape index (κ1) is 39.3. The quantitative estimate of drug-likeness (QED) is 0.133. The van der Waals surface area contributed by atoms with Gasteiger partial charge in [0.05, 0.1) is 12.2 Å². The number of benzene rings is 3. The molecule has 1 saturated carbocycles. The second-order valence-corrected chi connectivity index (χ2v) is 17.3. The van der Waals surface area contributed by atoms with Crippen molar-refractivity contribution in [3.05, 3.63) is 90.1 Å². The summed E-state index contributed by atoms with van der Waals surface area (Å²) in [6.45, 7) is 8.78. The fraction of sp³-hybridized carbons (Fsp3) is 0.476. The molecule has 2 amide bonds. The van der Waals surface area contributed by atoms with Gasteiger partial charge in [-0.25, -0.2) is 17.9 Å². The van der Waals surface area contributed by atoms with Crippen molar-refractivity contribution in [1.82, 2.24) is 19.1 Å². The highest BCUT2D eigenvalue weighted by molar-refractivity contribution is 7.88. The largest absolute Gasteiger partial charge is 0.492 e. The molecule has 1 N–H and O–H groups in total. The summed E-state index contributed by atoms with van der Waals surface area (Å²) in [5.74, 6) is 0.166. The first-order valence-electron chi connectivity index (χ1n) is 18.9. The predicted molar refractivity (Wildman–Crippen MR) is 211 cm³/mol. The van der Waals surface area contributed by atoms with E-state index >= 15 is 4.79 Å². The number of aromatic nitrogens is 1. The average Bonchev–Trinajstić information content (AvgIpc) is 3.93. The molecule has 1 saturated heterocycles. The molecule has 6 rings (SSSR count). The highest BCUT2D eigenvalue weighted by atomic mass is 32.2. The number of aryl methyl sites for hydroxylation is 1. The van der Waals surface area contributed by atoms with Crippen molar-refractivity contribution in [2.24, 2.45) is 5.92 Å². The number of ether oxygens (including phenoxy) is 3. The zero-order chi connectivity index (χ0) is 38.5. The maximum Gasteiger partial charge on any atom is 0.410 e. The third kappa shape index (κ3) is 10.2. The third-order valence-corrected chi connectivity index (χ3v) is 10.8. The van der Waals surface area contributed by atoms with Gasteiger partial charge in [-0.1, -0.05) is 54.6 Å². The minimum Gasteiger partial charge on any atom is -0.492 e. The number of para-hydroxylation sites is 1. The van der Waals surface area contributed by atoms with Crippen LogP contribution < -0.4 is 9.46 Å². The summed E-state index contributed by atoms with van der Waals surface area (Å²) in [5, 5.41) is 1.15. The molecule has 1 aliphatic carbocycles. The van der Waals surface area contributed by atoms with Gasteiger partial charge in [0.15, 0.2) is 0 Å². The number of amides is 2. The van der Waals surface area contributed by atoms with E-state index in [4.69, 9.17) is 14.2 Å². The molecule has 0 bridgehead atoms. The number of hydrogen-bond acceptors (Lipinski definition) is 7. The highest BCUT2D eigenvalue weighted by Crippen LogP contribution is 2.40. The Morgan fingerprint density at radius 2 is 1.70 bits per heavy atom. The molecule has 12 heteroatoms. The Kier molecular flexibility index (Phi) is 12.3. The number of hydrogen-bond donors (Lipinski definition) is 1. The SMILES string of the molecule is COCCCn1cc(CN(C(=O)[C@H]2CN(C(=O)OC(C)(C)C)CC[C@@H]2c2cccc(-c3ccc(OCCNS(C)(=O)=O)cc3)c2)C2CC2)c2ccccc21. The van der Waals surface area contributed by atoms with Gasteiger partial charge in [-0.05, 0) is 92.8 Å². The number of carbonyl (C=O) groups is 2. The second kappa shape index (κ2) is 17.0. The molecule has 0 unspecified atom stereocenters. The fourth-order valence-corrected chi connectivity index (χ4v) is 7.82. The van der Waals surface area contributed by atoms with Crippen molar-refractivity contribution in [2.75, 3.05) is 46.2 Å². The Labute approximate surface area is 319 Å². The number of methoxy groups -OCH3 is 1. The van der Waals surface area contributed by atoms with Crippen molar-refractivity contribution < 1.29 is 32.2 Å². The first-order valence-corrected chi connectivity index (χ1v) is 20.8. The second-order valence-electron chi connectivity index (χ2n) is 15.5. The Morgan fingerprint density at radius 3 is 2.41 bits per heavy atom. The van der Waals surface area contributed by atoms with Crippen LogP contribution in [-0.2, 0) is 37.4 Å². The van der Waals surface area contributed by atoms with Crippen LogP contribution in [0.15, 0.2) is 79.0 Å². The van der Waals surface area contributed by atoms with Gasteiger partial charge in [0.25, 0.3) is 0 Å². The minimum atomic E-state index is -3.27. The van der Waals surface area contributed by atoms with E-state index in [-0.39, 0.29) is 43.7 Å². The Morgan fingerprint density at radius 1 is 0.944 bits per heavy atom. The molecule has 2 heterocycles. The van der Waals surface area contributed by atoms with Crippen molar-refractivity contribution >= 4 is 32.9 Å². The molecule has 2 fully saturated rings. The van der Waals surface area contributed by atoms with Crippen molar-refractivity contribution in [1.29, 1.82) is 0 Å². The lowest BCUT2D eigenvalue weighted by molar-refractivity contribution is -0.139. The van der Waals surface area contributed by atoms with Crippen LogP contribution in [0.25, 0.3) is 22.0 Å². The van der Waals surface area contributed by atoms with E-state index < -0.39 is 21.5 Å². The standard InChI is InChI=1S/C42H54N4O7S/c1-42(2,3)53-41(48)45-23-20-36(32-11-8-10-31(26-32)30-14-18-35(19-15-30)52-25-21-43-54(5,49)50)38(29-45)40(47)46(34-16-17-34)28-33-27-44(22-9-24-51-4)39-13-7-6-12-37(33)39/h6-8,10-15,18-19,26-27,34,36,38,43H,9,16-17,20-25,28-29H2,1-5H3/t36-,38+/m1/s1. The van der Waals surface area contributed by atoms with Crippen LogP contribution >= 0.6 is 0 Å². The summed E-state index contributed by atoms with van der Waals surface area (Å²) in [6.07, 6.45) is 6.38. The molecule has 4 aromatic rings. The molecular formula is C42H54N4O7S. The lowest BCUT2D eigenvalue weighted by atomic mass is 9.79. The lowest BCUT2D eigenvalue weighted by Crippen LogP contribution is -2.51. The summed E-state index contributed by atoms with van der Waals surface area (Å²) in [5.41, 5.74) is 4.70. The summed E-state index contributed by atoms with van der Waals surface area (Å²) in [6, 6.07) is 24.6. The maximum atomic E-state index is 15.0. The van der Waals surface area contributed by atoms with Gasteiger partial charge in [0.1, 0.15) is 18.0 Å². The number of carbonyl (C=O) groups excluding carboxylic acids is 2. The van der Waals surface area contributed by atoms with Gasteiger partial charge >= 0.3 is 6.09 Å². The number of likely N-dealkylation sites (tertiary alicyclic amines) is 1. The smallest absolute Gasteiger partial charge is 0.410 e. The fourth-order valence-electron chi connectivity index (χ4n) is 7.36. The zero-order valence-electron chi connectivity index (χ0n) is 32.1. The molecule has 2 atom stereocenters. The van der Waals surface area contributed by atoms with Gasteiger partial charge in [-0.15, -0.1) is 0 Å². The van der Waals surface area contributed by atoms with Gasteiger partial charge in [-0.2, -0.15) is 0 Å². The van der Waals surface area contributed by atoms with Crippen LogP contribution in [0.2, 0.25) is 0 Å². The van der Waals surface area contributed by atoms with Crippen LogP contribution in [0.1, 0.15) is 63.5 Å². The first-order chi connectivity index (χ1) is 25.8. The van der Waals surface area contributed by atoms with E-state index in [2.05, 4.69) is 62.9 Å². The van der Waals surface area contributed by atoms with Crippen molar-refractivity contribution in [2.45, 2.75) is 77.1 Å². The number of sulfonamides is 1. The van der Waals surface area contributed by atoms with Crippen LogP contribution in [0, 0.1) is 5.92 Å². The maximum absolute atomic E-state index is 15.0. The van der Waals surface area contributed by atoms with Crippen LogP contribution in [0.3, 0.4) is 0 Å². The van der Waals surface area contributed by atoms with Crippen molar-refractivity contribution in [3.8, 4) is 16.9 Å². The predicted octanol–water partition coefficient (Wildman–Crippen LogP) is 6.80. The van der Waals surface area contributed by atoms with E-state index in [1.54, 1.807) is 12.0 Å². The molecule has 1 aliphatic heterocycles. The molecular weight excluding hydrogens is 705 g/mol. The van der Waals surface area contributed by atoms with Crippen molar-refractivity contribution in [3.63, 3.8) is 0 Å². The molecule has 1 aromatic heterocycles. The van der Waals surface area contributed by atoms with Crippen LogP contribution in [0.4, 0.5) is 4.79 Å². The molecule has 2 aliphatic rings. The molecule has 11 nitrogen and oxygen atoms in total. The van der Waals surface area contributed by atoms with Crippen LogP contribution in [0.5, 0.6) is 5.75 Å². The average molecular weight is 759 g/mol. The normalized spacial score (nSPS) is 17.8. The highest BCUT2D eigenvalue weighted by Gasteiger charge is 2.43. The van der Waals surface area contributed by atoms with E-state index in [1.807, 2.05) is 51.1 Å².